The van der Waals surface area contributed by atoms with Crippen molar-refractivity contribution >= 4 is 17.8 Å². The van der Waals surface area contributed by atoms with Gasteiger partial charge in [-0.2, -0.15) is 0 Å². The van der Waals surface area contributed by atoms with E-state index in [2.05, 4.69) is 11.9 Å². The number of rotatable bonds is 6. The Balaban J connectivity index is 1.80. The van der Waals surface area contributed by atoms with Crippen LogP contribution in [0.4, 0.5) is 4.79 Å². The maximum absolute atomic E-state index is 13.1. The maximum atomic E-state index is 13.1. The molecule has 8 heteroatoms. The van der Waals surface area contributed by atoms with E-state index in [9.17, 15) is 14.4 Å². The number of benzene rings is 1. The summed E-state index contributed by atoms with van der Waals surface area (Å²) in [6.07, 6.45) is 0. The first-order valence-electron chi connectivity index (χ1n) is 9.22. The number of fused-ring (bicyclic) bond motifs is 1. The molecule has 0 saturated carbocycles. The number of carbonyl (C=O) groups is 3. The van der Waals surface area contributed by atoms with E-state index in [4.69, 9.17) is 9.47 Å². The van der Waals surface area contributed by atoms with Crippen LogP contribution in [0.2, 0.25) is 0 Å². The number of hydrogen-bond acceptors (Lipinski definition) is 5. The molecule has 2 aliphatic heterocycles. The second kappa shape index (κ2) is 7.53. The monoisotopic (exact) mass is 387 g/mol. The van der Waals surface area contributed by atoms with Crippen LogP contribution < -0.4 is 14.8 Å². The molecule has 2 heterocycles. The molecule has 28 heavy (non-hydrogen) atoms. The average Bonchev–Trinajstić information content (AvgIpc) is 2.89. The molecule has 150 valence electrons. The SMILES string of the molecule is C=C(C)CN(CC)C(=O)CN1C(=O)N[C@](C)(c2ccc3c(c2)OCCO3)C1=O. The van der Waals surface area contributed by atoms with Gasteiger partial charge in [-0.25, -0.2) is 4.79 Å². The first-order chi connectivity index (χ1) is 13.3. The van der Waals surface area contributed by atoms with Crippen LogP contribution in [0.5, 0.6) is 11.5 Å². The van der Waals surface area contributed by atoms with E-state index in [0.29, 0.717) is 43.4 Å². The molecule has 0 aliphatic carbocycles. The Kier molecular flexibility index (Phi) is 5.31. The van der Waals surface area contributed by atoms with E-state index in [0.717, 1.165) is 10.5 Å². The van der Waals surface area contributed by atoms with Crippen LogP contribution in [0.1, 0.15) is 26.3 Å². The van der Waals surface area contributed by atoms with Gasteiger partial charge >= 0.3 is 6.03 Å². The number of imide groups is 1. The molecule has 0 unspecified atom stereocenters. The lowest BCUT2D eigenvalue weighted by atomic mass is 9.91. The quantitative estimate of drug-likeness (QED) is 0.592. The number of nitrogens with one attached hydrogen (secondary N) is 1. The van der Waals surface area contributed by atoms with Gasteiger partial charge in [-0.15, -0.1) is 0 Å². The van der Waals surface area contributed by atoms with Crippen LogP contribution in [-0.4, -0.2) is 60.5 Å². The smallest absolute Gasteiger partial charge is 0.325 e. The Hall–Kier alpha value is -3.03. The van der Waals surface area contributed by atoms with Crippen LogP contribution in [0, 0.1) is 0 Å². The van der Waals surface area contributed by atoms with E-state index >= 15 is 0 Å². The summed E-state index contributed by atoms with van der Waals surface area (Å²) < 4.78 is 11.1. The molecule has 1 fully saturated rings. The molecule has 1 atom stereocenters. The molecule has 1 aromatic carbocycles. The van der Waals surface area contributed by atoms with Crippen LogP contribution in [0.15, 0.2) is 30.4 Å². The molecule has 8 nitrogen and oxygen atoms in total. The molecular weight excluding hydrogens is 362 g/mol. The average molecular weight is 387 g/mol. The number of hydrogen-bond donors (Lipinski definition) is 1. The standard InChI is InChI=1S/C20H25N3O5/c1-5-22(11-13(2)3)17(24)12-23-18(25)20(4,21-19(23)26)14-6-7-15-16(10-14)28-9-8-27-15/h6-7,10H,2,5,8-9,11-12H2,1,3-4H3,(H,21,26)/t20-/m1/s1. The van der Waals surface area contributed by atoms with Gasteiger partial charge in [0.15, 0.2) is 11.5 Å². The summed E-state index contributed by atoms with van der Waals surface area (Å²) in [6, 6.07) is 4.53. The van der Waals surface area contributed by atoms with Crippen molar-refractivity contribution in [1.29, 1.82) is 0 Å². The van der Waals surface area contributed by atoms with E-state index in [1.54, 1.807) is 30.0 Å². The third kappa shape index (κ3) is 3.54. The summed E-state index contributed by atoms with van der Waals surface area (Å²) >= 11 is 0. The minimum absolute atomic E-state index is 0.305. The van der Waals surface area contributed by atoms with Crippen molar-refractivity contribution in [2.24, 2.45) is 0 Å². The van der Waals surface area contributed by atoms with Gasteiger partial charge in [0, 0.05) is 13.1 Å². The predicted octanol–water partition coefficient (Wildman–Crippen LogP) is 1.65. The van der Waals surface area contributed by atoms with Crippen molar-refractivity contribution in [1.82, 2.24) is 15.1 Å². The number of likely N-dealkylation sites (N-methyl/N-ethyl adjacent to an activating group) is 1. The Morgan fingerprint density at radius 1 is 1.29 bits per heavy atom. The number of amides is 4. The normalized spacial score (nSPS) is 20.8. The fraction of sp³-hybridized carbons (Fsp3) is 0.450. The second-order valence-electron chi connectivity index (χ2n) is 7.17. The Labute approximate surface area is 164 Å². The molecule has 2 aliphatic rings. The van der Waals surface area contributed by atoms with Crippen molar-refractivity contribution in [2.75, 3.05) is 32.8 Å². The van der Waals surface area contributed by atoms with Gasteiger partial charge in [0.2, 0.25) is 5.91 Å². The fourth-order valence-electron chi connectivity index (χ4n) is 3.33. The molecule has 1 aromatic rings. The maximum Gasteiger partial charge on any atom is 0.325 e. The summed E-state index contributed by atoms with van der Waals surface area (Å²) in [7, 11) is 0. The Bertz CT molecular complexity index is 837. The molecule has 3 rings (SSSR count). The van der Waals surface area contributed by atoms with Crippen LogP contribution in [0.25, 0.3) is 0 Å². The zero-order chi connectivity index (χ0) is 20.5. The van der Waals surface area contributed by atoms with Crippen molar-refractivity contribution in [3.63, 3.8) is 0 Å². The third-order valence-corrected chi connectivity index (χ3v) is 4.88. The van der Waals surface area contributed by atoms with Gasteiger partial charge in [-0.3, -0.25) is 14.5 Å². The highest BCUT2D eigenvalue weighted by Crippen LogP contribution is 2.36. The number of ether oxygens (including phenoxy) is 2. The fourth-order valence-corrected chi connectivity index (χ4v) is 3.33. The summed E-state index contributed by atoms with van der Waals surface area (Å²) in [5.74, 6) is 0.343. The highest BCUT2D eigenvalue weighted by atomic mass is 16.6. The van der Waals surface area contributed by atoms with E-state index in [1.165, 1.54) is 0 Å². The molecule has 0 radical (unpaired) electrons. The van der Waals surface area contributed by atoms with Gasteiger partial charge < -0.3 is 19.7 Å². The predicted molar refractivity (Wildman–Crippen MR) is 102 cm³/mol. The summed E-state index contributed by atoms with van der Waals surface area (Å²) in [4.78, 5) is 40.6. The topological polar surface area (TPSA) is 88.2 Å². The van der Waals surface area contributed by atoms with Crippen molar-refractivity contribution < 1.29 is 23.9 Å². The molecule has 0 bridgehead atoms. The van der Waals surface area contributed by atoms with Gasteiger partial charge in [0.05, 0.1) is 0 Å². The molecule has 0 aromatic heterocycles. The minimum atomic E-state index is -1.28. The zero-order valence-corrected chi connectivity index (χ0v) is 16.4. The van der Waals surface area contributed by atoms with Gasteiger partial charge in [-0.1, -0.05) is 18.2 Å². The lowest BCUT2D eigenvalue weighted by Crippen LogP contribution is -2.45. The molecular formula is C20H25N3O5. The molecule has 4 amide bonds. The lowest BCUT2D eigenvalue weighted by Gasteiger charge is -2.26. The molecule has 0 spiro atoms. The van der Waals surface area contributed by atoms with Gasteiger partial charge in [0.1, 0.15) is 25.3 Å². The van der Waals surface area contributed by atoms with Crippen molar-refractivity contribution in [3.8, 4) is 11.5 Å². The Morgan fingerprint density at radius 2 is 1.96 bits per heavy atom. The number of carbonyl (C=O) groups excluding carboxylic acids is 3. The second-order valence-corrected chi connectivity index (χ2v) is 7.17. The van der Waals surface area contributed by atoms with Crippen LogP contribution in [0.3, 0.4) is 0 Å². The molecule has 1 N–H and O–H groups in total. The summed E-state index contributed by atoms with van der Waals surface area (Å²) in [6.45, 7) is 10.5. The largest absolute Gasteiger partial charge is 0.486 e. The summed E-state index contributed by atoms with van der Waals surface area (Å²) in [5, 5.41) is 2.71. The first-order valence-corrected chi connectivity index (χ1v) is 9.22. The van der Waals surface area contributed by atoms with Crippen LogP contribution in [-0.2, 0) is 15.1 Å². The molecule has 1 saturated heterocycles. The van der Waals surface area contributed by atoms with Crippen LogP contribution >= 0.6 is 0 Å². The van der Waals surface area contributed by atoms with Crippen molar-refractivity contribution in [2.45, 2.75) is 26.3 Å². The van der Waals surface area contributed by atoms with E-state index in [-0.39, 0.29) is 12.5 Å². The highest BCUT2D eigenvalue weighted by molar-refractivity contribution is 6.09. The van der Waals surface area contributed by atoms with E-state index in [1.807, 2.05) is 13.8 Å². The van der Waals surface area contributed by atoms with Crippen molar-refractivity contribution in [3.05, 3.63) is 35.9 Å². The van der Waals surface area contributed by atoms with Gasteiger partial charge in [-0.05, 0) is 38.5 Å². The highest BCUT2D eigenvalue weighted by Gasteiger charge is 2.50. The van der Waals surface area contributed by atoms with E-state index < -0.39 is 17.5 Å². The van der Waals surface area contributed by atoms with Gasteiger partial charge in [0.25, 0.3) is 5.91 Å². The lowest BCUT2D eigenvalue weighted by molar-refractivity contribution is -0.138. The number of nitrogens with zero attached hydrogens (tertiary/aromatic N) is 2. The zero-order valence-electron chi connectivity index (χ0n) is 16.4. The summed E-state index contributed by atoms with van der Waals surface area (Å²) in [5.41, 5.74) is 0.117. The number of urea groups is 1. The first kappa shape index (κ1) is 19.7. The minimum Gasteiger partial charge on any atom is -0.486 e. The third-order valence-electron chi connectivity index (χ3n) is 4.88. The Morgan fingerprint density at radius 3 is 2.61 bits per heavy atom.